The predicted molar refractivity (Wildman–Crippen MR) is 103 cm³/mol. The molecule has 0 bridgehead atoms. The first kappa shape index (κ1) is 18.7. The van der Waals surface area contributed by atoms with E-state index < -0.39 is 18.0 Å². The Morgan fingerprint density at radius 2 is 1.93 bits per heavy atom. The number of hydrogen-bond donors (Lipinski definition) is 1. The zero-order chi connectivity index (χ0) is 19.4. The van der Waals surface area contributed by atoms with E-state index in [0.29, 0.717) is 16.3 Å². The number of halogens is 1. The molecule has 0 spiro atoms. The minimum atomic E-state index is -0.957. The van der Waals surface area contributed by atoms with Crippen molar-refractivity contribution in [2.24, 2.45) is 0 Å². The van der Waals surface area contributed by atoms with E-state index in [-0.39, 0.29) is 0 Å². The molecule has 7 heteroatoms. The third-order valence-corrected chi connectivity index (χ3v) is 4.22. The van der Waals surface area contributed by atoms with Crippen molar-refractivity contribution in [2.45, 2.75) is 20.0 Å². The molecule has 0 unspecified atom stereocenters. The first-order valence-electron chi connectivity index (χ1n) is 8.32. The van der Waals surface area contributed by atoms with Gasteiger partial charge in [0.15, 0.2) is 6.10 Å². The molecule has 0 fully saturated rings. The van der Waals surface area contributed by atoms with Gasteiger partial charge in [-0.25, -0.2) is 9.48 Å². The second kappa shape index (κ2) is 8.05. The highest BCUT2D eigenvalue weighted by Gasteiger charge is 2.19. The molecule has 0 radical (unpaired) electrons. The van der Waals surface area contributed by atoms with Crippen LogP contribution in [0.1, 0.15) is 22.8 Å². The van der Waals surface area contributed by atoms with E-state index in [4.69, 9.17) is 16.3 Å². The Hall–Kier alpha value is -3.12. The van der Waals surface area contributed by atoms with Crippen LogP contribution in [0.5, 0.6) is 0 Å². The number of nitrogens with zero attached hydrogens (tertiary/aromatic N) is 2. The highest BCUT2D eigenvalue weighted by Crippen LogP contribution is 2.20. The van der Waals surface area contributed by atoms with Gasteiger partial charge in [-0.05, 0) is 61.9 Å². The molecule has 3 rings (SSSR count). The topological polar surface area (TPSA) is 73.2 Å². The summed E-state index contributed by atoms with van der Waals surface area (Å²) < 4.78 is 6.94. The standard InChI is InChI=1S/C20H18ClN3O3/c1-13-4-7-16(21)12-18(13)23-19(25)14(2)27-20(26)15-5-8-17(9-6-15)24-11-3-10-22-24/h3-12,14H,1-2H3,(H,23,25)/t14-/m1/s1. The average molecular weight is 384 g/mol. The maximum Gasteiger partial charge on any atom is 0.338 e. The van der Waals surface area contributed by atoms with Gasteiger partial charge < -0.3 is 10.1 Å². The Morgan fingerprint density at radius 3 is 2.59 bits per heavy atom. The summed E-state index contributed by atoms with van der Waals surface area (Å²) in [6.07, 6.45) is 2.52. The van der Waals surface area contributed by atoms with Gasteiger partial charge in [0.05, 0.1) is 11.3 Å². The first-order valence-corrected chi connectivity index (χ1v) is 8.70. The average Bonchev–Trinajstić information content (AvgIpc) is 3.19. The lowest BCUT2D eigenvalue weighted by atomic mass is 10.2. The number of aryl methyl sites for hydroxylation is 1. The number of rotatable bonds is 5. The van der Waals surface area contributed by atoms with Gasteiger partial charge in [0.2, 0.25) is 0 Å². The van der Waals surface area contributed by atoms with Gasteiger partial charge in [-0.15, -0.1) is 0 Å². The fourth-order valence-corrected chi connectivity index (χ4v) is 2.59. The van der Waals surface area contributed by atoms with Crippen LogP contribution in [0.3, 0.4) is 0 Å². The van der Waals surface area contributed by atoms with Crippen LogP contribution in [0.25, 0.3) is 5.69 Å². The van der Waals surface area contributed by atoms with Gasteiger partial charge in [-0.3, -0.25) is 4.79 Å². The molecular formula is C20H18ClN3O3. The van der Waals surface area contributed by atoms with Crippen molar-refractivity contribution in [2.75, 3.05) is 5.32 Å². The molecule has 1 aromatic heterocycles. The number of aromatic nitrogens is 2. The van der Waals surface area contributed by atoms with Gasteiger partial charge in [-0.1, -0.05) is 17.7 Å². The van der Waals surface area contributed by atoms with Gasteiger partial charge in [0, 0.05) is 23.1 Å². The zero-order valence-electron chi connectivity index (χ0n) is 14.8. The van der Waals surface area contributed by atoms with E-state index in [1.54, 1.807) is 59.5 Å². The molecule has 2 aromatic carbocycles. The minimum Gasteiger partial charge on any atom is -0.449 e. The molecule has 138 valence electrons. The van der Waals surface area contributed by atoms with E-state index in [2.05, 4.69) is 10.4 Å². The van der Waals surface area contributed by atoms with Gasteiger partial charge in [-0.2, -0.15) is 5.10 Å². The molecule has 1 amide bonds. The Bertz CT molecular complexity index is 953. The number of hydrogen-bond acceptors (Lipinski definition) is 4. The second-order valence-corrected chi connectivity index (χ2v) is 6.43. The summed E-state index contributed by atoms with van der Waals surface area (Å²) in [4.78, 5) is 24.6. The van der Waals surface area contributed by atoms with Crippen LogP contribution >= 0.6 is 11.6 Å². The maximum absolute atomic E-state index is 12.3. The number of nitrogens with one attached hydrogen (secondary N) is 1. The third kappa shape index (κ3) is 4.54. The smallest absolute Gasteiger partial charge is 0.338 e. The second-order valence-electron chi connectivity index (χ2n) is 5.99. The van der Waals surface area contributed by atoms with Gasteiger partial charge >= 0.3 is 5.97 Å². The zero-order valence-corrected chi connectivity index (χ0v) is 15.6. The lowest BCUT2D eigenvalue weighted by molar-refractivity contribution is -0.123. The highest BCUT2D eigenvalue weighted by atomic mass is 35.5. The summed E-state index contributed by atoms with van der Waals surface area (Å²) in [6, 6.07) is 13.8. The van der Waals surface area contributed by atoms with Crippen molar-refractivity contribution in [3.05, 3.63) is 77.1 Å². The molecule has 0 aliphatic rings. The number of benzene rings is 2. The van der Waals surface area contributed by atoms with Crippen LogP contribution < -0.4 is 5.32 Å². The van der Waals surface area contributed by atoms with Crippen LogP contribution in [0.15, 0.2) is 60.9 Å². The lowest BCUT2D eigenvalue weighted by Crippen LogP contribution is -2.30. The van der Waals surface area contributed by atoms with Crippen LogP contribution in [0.4, 0.5) is 5.69 Å². The summed E-state index contributed by atoms with van der Waals surface area (Å²) in [6.45, 7) is 3.37. The molecule has 3 aromatic rings. The molecule has 0 saturated carbocycles. The number of esters is 1. The SMILES string of the molecule is Cc1ccc(Cl)cc1NC(=O)[C@@H](C)OC(=O)c1ccc(-n2cccn2)cc1. The molecule has 0 saturated heterocycles. The number of ether oxygens (including phenoxy) is 1. The van der Waals surface area contributed by atoms with Crippen LogP contribution in [0, 0.1) is 6.92 Å². The summed E-state index contributed by atoms with van der Waals surface area (Å²) in [5, 5.41) is 7.36. The molecular weight excluding hydrogens is 366 g/mol. The fraction of sp³-hybridized carbons (Fsp3) is 0.150. The predicted octanol–water partition coefficient (Wildman–Crippen LogP) is 4.02. The van der Waals surface area contributed by atoms with Crippen molar-refractivity contribution in [3.8, 4) is 5.69 Å². The molecule has 1 heterocycles. The van der Waals surface area contributed by atoms with Crippen LogP contribution in [-0.4, -0.2) is 27.8 Å². The lowest BCUT2D eigenvalue weighted by Gasteiger charge is -2.15. The molecule has 1 atom stereocenters. The monoisotopic (exact) mass is 383 g/mol. The molecule has 0 aliphatic heterocycles. The largest absolute Gasteiger partial charge is 0.449 e. The molecule has 27 heavy (non-hydrogen) atoms. The van der Waals surface area contributed by atoms with Crippen LogP contribution in [-0.2, 0) is 9.53 Å². The third-order valence-electron chi connectivity index (χ3n) is 3.98. The van der Waals surface area contributed by atoms with E-state index in [1.807, 2.05) is 13.0 Å². The Labute approximate surface area is 161 Å². The Balaban J connectivity index is 1.63. The van der Waals surface area contributed by atoms with Gasteiger partial charge in [0.1, 0.15) is 0 Å². The first-order chi connectivity index (χ1) is 12.9. The fourth-order valence-electron chi connectivity index (χ4n) is 2.42. The highest BCUT2D eigenvalue weighted by molar-refractivity contribution is 6.31. The summed E-state index contributed by atoms with van der Waals surface area (Å²) >= 11 is 5.95. The summed E-state index contributed by atoms with van der Waals surface area (Å²) in [7, 11) is 0. The van der Waals surface area contributed by atoms with E-state index >= 15 is 0 Å². The van der Waals surface area contributed by atoms with Crippen LogP contribution in [0.2, 0.25) is 5.02 Å². The van der Waals surface area contributed by atoms with Crippen molar-refractivity contribution < 1.29 is 14.3 Å². The summed E-state index contributed by atoms with van der Waals surface area (Å²) in [5.41, 5.74) is 2.61. The van der Waals surface area contributed by atoms with Crippen molar-refractivity contribution >= 4 is 29.2 Å². The van der Waals surface area contributed by atoms with Gasteiger partial charge in [0.25, 0.3) is 5.91 Å². The maximum atomic E-state index is 12.3. The number of carbonyl (C=O) groups excluding carboxylic acids is 2. The quantitative estimate of drug-likeness (QED) is 0.675. The minimum absolute atomic E-state index is 0.351. The molecule has 0 aliphatic carbocycles. The van der Waals surface area contributed by atoms with Crippen molar-refractivity contribution in [3.63, 3.8) is 0 Å². The Morgan fingerprint density at radius 1 is 1.19 bits per heavy atom. The van der Waals surface area contributed by atoms with E-state index in [1.165, 1.54) is 6.92 Å². The Kier molecular flexibility index (Phi) is 5.57. The van der Waals surface area contributed by atoms with Crippen molar-refractivity contribution in [1.29, 1.82) is 0 Å². The van der Waals surface area contributed by atoms with E-state index in [9.17, 15) is 9.59 Å². The molecule has 6 nitrogen and oxygen atoms in total. The number of carbonyl (C=O) groups is 2. The van der Waals surface area contributed by atoms with E-state index in [0.717, 1.165) is 11.3 Å². The molecule has 1 N–H and O–H groups in total. The normalized spacial score (nSPS) is 11.7. The number of anilines is 1. The van der Waals surface area contributed by atoms with Crippen molar-refractivity contribution in [1.82, 2.24) is 9.78 Å². The number of amides is 1. The summed E-state index contributed by atoms with van der Waals surface area (Å²) in [5.74, 6) is -1.01.